The maximum atomic E-state index is 12.5. The van der Waals surface area contributed by atoms with Gasteiger partial charge < -0.3 is 0 Å². The van der Waals surface area contributed by atoms with E-state index in [4.69, 9.17) is 0 Å². The maximum absolute atomic E-state index is 12.5. The van der Waals surface area contributed by atoms with Crippen molar-refractivity contribution in [3.63, 3.8) is 0 Å². The van der Waals surface area contributed by atoms with Crippen molar-refractivity contribution >= 4 is 22.6 Å². The van der Waals surface area contributed by atoms with Crippen LogP contribution in [0.5, 0.6) is 0 Å². The summed E-state index contributed by atoms with van der Waals surface area (Å²) in [6, 6.07) is 6.53. The summed E-state index contributed by atoms with van der Waals surface area (Å²) in [5.41, 5.74) is 0.0508. The number of H-pyrrole nitrogens is 1. The molecule has 1 aromatic carbocycles. The van der Waals surface area contributed by atoms with E-state index in [2.05, 4.69) is 4.98 Å². The Bertz CT molecular complexity index is 663. The monoisotopic (exact) mass is 346 g/mol. The summed E-state index contributed by atoms with van der Waals surface area (Å²) < 4.78 is 14.2. The summed E-state index contributed by atoms with van der Waals surface area (Å²) in [4.78, 5) is 25.0. The molecule has 2 aromatic rings. The number of nitrogens with one attached hydrogen (secondary N) is 1. The van der Waals surface area contributed by atoms with Crippen LogP contribution >= 0.6 is 22.6 Å². The Hall–Kier alpha value is -1.44. The van der Waals surface area contributed by atoms with Gasteiger partial charge in [0.25, 0.3) is 5.56 Å². The zero-order valence-electron chi connectivity index (χ0n) is 8.61. The number of aromatic nitrogens is 2. The second-order valence-corrected chi connectivity index (χ2v) is 4.57. The van der Waals surface area contributed by atoms with Crippen LogP contribution in [0.2, 0.25) is 0 Å². The molecular weight excluding hydrogens is 338 g/mol. The van der Waals surface area contributed by atoms with E-state index in [-0.39, 0.29) is 0 Å². The van der Waals surface area contributed by atoms with Gasteiger partial charge in [-0.3, -0.25) is 14.3 Å². The lowest BCUT2D eigenvalue weighted by Crippen LogP contribution is -2.29. The smallest absolute Gasteiger partial charge is 0.273 e. The Balaban J connectivity index is 2.64. The predicted molar refractivity (Wildman–Crippen MR) is 70.2 cm³/mol. The molecule has 0 aliphatic rings. The van der Waals surface area contributed by atoms with Crippen molar-refractivity contribution in [2.24, 2.45) is 0 Å². The molecule has 0 spiro atoms. The zero-order chi connectivity index (χ0) is 12.4. The third-order valence-electron chi connectivity index (χ3n) is 2.24. The zero-order valence-corrected chi connectivity index (χ0v) is 10.8. The minimum Gasteiger partial charge on any atom is -0.273 e. The number of hydrogen-bond acceptors (Lipinski definition) is 2. The SMILES string of the molecule is O=c1[nH]c(=O)n(-c2cccc(CF)c2)cc1I. The lowest BCUT2D eigenvalue weighted by Gasteiger charge is -2.06. The summed E-state index contributed by atoms with van der Waals surface area (Å²) in [5.74, 6) is 0. The highest BCUT2D eigenvalue weighted by atomic mass is 127. The van der Waals surface area contributed by atoms with E-state index < -0.39 is 17.9 Å². The molecule has 2 rings (SSSR count). The number of halogens is 2. The van der Waals surface area contributed by atoms with Gasteiger partial charge in [-0.1, -0.05) is 12.1 Å². The van der Waals surface area contributed by atoms with Crippen LogP contribution in [0.15, 0.2) is 40.1 Å². The van der Waals surface area contributed by atoms with Gasteiger partial charge in [-0.15, -0.1) is 0 Å². The van der Waals surface area contributed by atoms with E-state index in [9.17, 15) is 14.0 Å². The van der Waals surface area contributed by atoms with Crippen molar-refractivity contribution in [1.29, 1.82) is 0 Å². The lowest BCUT2D eigenvalue weighted by molar-refractivity contribution is 0.485. The predicted octanol–water partition coefficient (Wildman–Crippen LogP) is 1.60. The second kappa shape index (κ2) is 4.82. The van der Waals surface area contributed by atoms with Gasteiger partial charge >= 0.3 is 5.69 Å². The fourth-order valence-corrected chi connectivity index (χ4v) is 1.84. The highest BCUT2D eigenvalue weighted by Gasteiger charge is 2.04. The largest absolute Gasteiger partial charge is 0.332 e. The first-order valence-corrected chi connectivity index (χ1v) is 5.86. The minimum atomic E-state index is -0.594. The molecule has 0 bridgehead atoms. The molecule has 1 N–H and O–H groups in total. The number of alkyl halides is 1. The Labute approximate surface area is 109 Å². The van der Waals surface area contributed by atoms with Crippen LogP contribution in [0.4, 0.5) is 4.39 Å². The normalized spacial score (nSPS) is 10.5. The van der Waals surface area contributed by atoms with E-state index in [1.165, 1.54) is 10.8 Å². The van der Waals surface area contributed by atoms with Gasteiger partial charge in [0.15, 0.2) is 0 Å². The van der Waals surface area contributed by atoms with Crippen molar-refractivity contribution in [3.05, 3.63) is 60.4 Å². The molecule has 1 aromatic heterocycles. The van der Waals surface area contributed by atoms with Crippen LogP contribution in [-0.2, 0) is 6.67 Å². The standard InChI is InChI=1S/C11H8FIN2O2/c12-5-7-2-1-3-8(4-7)15-6-9(13)10(16)14-11(15)17/h1-4,6H,5H2,(H,14,16,17). The van der Waals surface area contributed by atoms with Crippen LogP contribution in [0.1, 0.15) is 5.56 Å². The average molecular weight is 346 g/mol. The quantitative estimate of drug-likeness (QED) is 0.840. The second-order valence-electron chi connectivity index (χ2n) is 3.41. The summed E-state index contributed by atoms with van der Waals surface area (Å²) in [6.45, 7) is -0.594. The summed E-state index contributed by atoms with van der Waals surface area (Å²) in [7, 11) is 0. The topological polar surface area (TPSA) is 54.9 Å². The Morgan fingerprint density at radius 1 is 1.35 bits per heavy atom. The molecule has 0 saturated heterocycles. The van der Waals surface area contributed by atoms with Gasteiger partial charge in [0, 0.05) is 6.20 Å². The van der Waals surface area contributed by atoms with E-state index >= 15 is 0 Å². The molecule has 1 heterocycles. The molecule has 0 fully saturated rings. The molecular formula is C11H8FIN2O2. The molecule has 0 unspecified atom stereocenters. The van der Waals surface area contributed by atoms with Crippen molar-refractivity contribution < 1.29 is 4.39 Å². The van der Waals surface area contributed by atoms with Crippen LogP contribution in [0.25, 0.3) is 5.69 Å². The number of aromatic amines is 1. The number of rotatable bonds is 2. The molecule has 0 saturated carbocycles. The first kappa shape index (κ1) is 12.0. The van der Waals surface area contributed by atoms with E-state index in [1.54, 1.807) is 24.3 Å². The fraction of sp³-hybridized carbons (Fsp3) is 0.0909. The van der Waals surface area contributed by atoms with E-state index in [1.807, 2.05) is 22.6 Å². The van der Waals surface area contributed by atoms with Gasteiger partial charge in [0.2, 0.25) is 0 Å². The van der Waals surface area contributed by atoms with Crippen LogP contribution in [0.3, 0.4) is 0 Å². The highest BCUT2D eigenvalue weighted by Crippen LogP contribution is 2.10. The Kier molecular flexibility index (Phi) is 3.41. The van der Waals surface area contributed by atoms with E-state index in [0.29, 0.717) is 14.8 Å². The molecule has 0 atom stereocenters. The van der Waals surface area contributed by atoms with Gasteiger partial charge in [-0.25, -0.2) is 9.18 Å². The molecule has 17 heavy (non-hydrogen) atoms. The number of benzene rings is 1. The minimum absolute atomic E-state index is 0.396. The highest BCUT2D eigenvalue weighted by molar-refractivity contribution is 14.1. The van der Waals surface area contributed by atoms with Crippen molar-refractivity contribution in [2.75, 3.05) is 0 Å². The van der Waals surface area contributed by atoms with Crippen molar-refractivity contribution in [1.82, 2.24) is 9.55 Å². The van der Waals surface area contributed by atoms with Crippen LogP contribution in [-0.4, -0.2) is 9.55 Å². The first-order chi connectivity index (χ1) is 8.11. The third-order valence-corrected chi connectivity index (χ3v) is 3.01. The molecule has 0 radical (unpaired) electrons. The van der Waals surface area contributed by atoms with E-state index in [0.717, 1.165) is 0 Å². The summed E-state index contributed by atoms with van der Waals surface area (Å²) in [5, 5.41) is 0. The van der Waals surface area contributed by atoms with Crippen molar-refractivity contribution in [2.45, 2.75) is 6.67 Å². The number of nitrogens with zero attached hydrogens (tertiary/aromatic N) is 1. The molecule has 4 nitrogen and oxygen atoms in total. The van der Waals surface area contributed by atoms with Gasteiger partial charge in [0.05, 0.1) is 9.26 Å². The fourth-order valence-electron chi connectivity index (χ4n) is 1.43. The lowest BCUT2D eigenvalue weighted by atomic mass is 10.2. The molecule has 6 heteroatoms. The summed E-state index contributed by atoms with van der Waals surface area (Å²) >= 11 is 1.83. The summed E-state index contributed by atoms with van der Waals surface area (Å²) in [6.07, 6.45) is 1.43. The molecule has 0 aliphatic heterocycles. The Morgan fingerprint density at radius 2 is 2.12 bits per heavy atom. The molecule has 0 amide bonds. The van der Waals surface area contributed by atoms with Gasteiger partial charge in [-0.05, 0) is 40.3 Å². The molecule has 0 aliphatic carbocycles. The molecule has 88 valence electrons. The number of hydrogen-bond donors (Lipinski definition) is 1. The van der Waals surface area contributed by atoms with Crippen LogP contribution in [0, 0.1) is 3.57 Å². The Morgan fingerprint density at radius 3 is 2.82 bits per heavy atom. The van der Waals surface area contributed by atoms with Crippen LogP contribution < -0.4 is 11.2 Å². The average Bonchev–Trinajstić information content (AvgIpc) is 2.34. The maximum Gasteiger partial charge on any atom is 0.332 e. The van der Waals surface area contributed by atoms with Crippen molar-refractivity contribution in [3.8, 4) is 5.69 Å². The third kappa shape index (κ3) is 2.46. The van der Waals surface area contributed by atoms with Gasteiger partial charge in [-0.2, -0.15) is 0 Å². The van der Waals surface area contributed by atoms with Gasteiger partial charge in [0.1, 0.15) is 6.67 Å². The first-order valence-electron chi connectivity index (χ1n) is 4.78.